The maximum atomic E-state index is 9.80. The molecule has 0 bridgehead atoms. The monoisotopic (exact) mass is 266 g/mol. The van der Waals surface area contributed by atoms with Crippen LogP contribution in [-0.2, 0) is 0 Å². The molecule has 1 N–H and O–H groups in total. The first kappa shape index (κ1) is 15.4. The van der Waals surface area contributed by atoms with Crippen LogP contribution in [0.1, 0.15) is 31.4 Å². The summed E-state index contributed by atoms with van der Waals surface area (Å²) in [7, 11) is 3.12. The molecule has 106 valence electrons. The van der Waals surface area contributed by atoms with Gasteiger partial charge in [0, 0.05) is 0 Å². The lowest BCUT2D eigenvalue weighted by Crippen LogP contribution is -2.03. The highest BCUT2D eigenvalue weighted by molar-refractivity contribution is 5.54. The van der Waals surface area contributed by atoms with Gasteiger partial charge in [0.1, 0.15) is 0 Å². The van der Waals surface area contributed by atoms with Crippen LogP contribution in [0.15, 0.2) is 24.8 Å². The third-order valence-corrected chi connectivity index (χ3v) is 2.79. The van der Waals surface area contributed by atoms with Gasteiger partial charge in [0.15, 0.2) is 11.5 Å². The van der Waals surface area contributed by atoms with Crippen molar-refractivity contribution in [3.05, 3.63) is 30.4 Å². The normalized spacial score (nSPS) is 11.8. The van der Waals surface area contributed by atoms with Crippen molar-refractivity contribution >= 4 is 0 Å². The molecule has 0 spiro atoms. The molecule has 0 aliphatic carbocycles. The first-order chi connectivity index (χ1) is 9.17. The lowest BCUT2D eigenvalue weighted by molar-refractivity contribution is 0.226. The van der Waals surface area contributed by atoms with Gasteiger partial charge in [-0.15, -0.1) is 6.58 Å². The molecular formula is C15H22O4. The SMILES string of the molecule is C=C[C@H](O)c1cc(OC)c(OCCCC)c(OC)c1. The molecule has 1 rings (SSSR count). The fraction of sp³-hybridized carbons (Fsp3) is 0.467. The molecule has 0 heterocycles. The van der Waals surface area contributed by atoms with Gasteiger partial charge in [-0.2, -0.15) is 0 Å². The van der Waals surface area contributed by atoms with E-state index in [4.69, 9.17) is 14.2 Å². The van der Waals surface area contributed by atoms with Gasteiger partial charge in [-0.05, 0) is 24.1 Å². The van der Waals surface area contributed by atoms with Crippen LogP contribution in [0.5, 0.6) is 17.2 Å². The predicted octanol–water partition coefficient (Wildman–Crippen LogP) is 3.10. The Balaban J connectivity index is 3.10. The number of hydrogen-bond donors (Lipinski definition) is 1. The zero-order valence-electron chi connectivity index (χ0n) is 11.8. The standard InChI is InChI=1S/C15H22O4/c1-5-7-8-19-15-13(17-3)9-11(12(16)6-2)10-14(15)18-4/h6,9-10,12,16H,2,5,7-8H2,1,3-4H3/t12-/m0/s1. The fourth-order valence-corrected chi connectivity index (χ4v) is 1.67. The van der Waals surface area contributed by atoms with Crippen molar-refractivity contribution in [1.82, 2.24) is 0 Å². The molecule has 0 aromatic heterocycles. The number of benzene rings is 1. The predicted molar refractivity (Wildman–Crippen MR) is 75.1 cm³/mol. The van der Waals surface area contributed by atoms with E-state index in [2.05, 4.69) is 13.5 Å². The van der Waals surface area contributed by atoms with Crippen molar-refractivity contribution < 1.29 is 19.3 Å². The molecular weight excluding hydrogens is 244 g/mol. The van der Waals surface area contributed by atoms with Gasteiger partial charge in [0.25, 0.3) is 0 Å². The summed E-state index contributed by atoms with van der Waals surface area (Å²) in [4.78, 5) is 0. The van der Waals surface area contributed by atoms with Crippen molar-refractivity contribution in [3.8, 4) is 17.2 Å². The summed E-state index contributed by atoms with van der Waals surface area (Å²) in [5.41, 5.74) is 0.659. The van der Waals surface area contributed by atoms with Crippen molar-refractivity contribution in [3.63, 3.8) is 0 Å². The van der Waals surface area contributed by atoms with Gasteiger partial charge in [-0.1, -0.05) is 19.4 Å². The Hall–Kier alpha value is -1.68. The van der Waals surface area contributed by atoms with Gasteiger partial charge in [0.2, 0.25) is 5.75 Å². The van der Waals surface area contributed by atoms with E-state index in [9.17, 15) is 5.11 Å². The maximum Gasteiger partial charge on any atom is 0.203 e. The first-order valence-electron chi connectivity index (χ1n) is 6.37. The van der Waals surface area contributed by atoms with Gasteiger partial charge >= 0.3 is 0 Å². The third-order valence-electron chi connectivity index (χ3n) is 2.79. The van der Waals surface area contributed by atoms with Crippen LogP contribution in [0, 0.1) is 0 Å². The van der Waals surface area contributed by atoms with Crippen LogP contribution in [-0.4, -0.2) is 25.9 Å². The lowest BCUT2D eigenvalue weighted by atomic mass is 10.1. The van der Waals surface area contributed by atoms with Crippen molar-refractivity contribution in [2.75, 3.05) is 20.8 Å². The van der Waals surface area contributed by atoms with E-state index in [0.717, 1.165) is 12.8 Å². The smallest absolute Gasteiger partial charge is 0.203 e. The van der Waals surface area contributed by atoms with Crippen molar-refractivity contribution in [2.45, 2.75) is 25.9 Å². The molecule has 0 radical (unpaired) electrons. The van der Waals surface area contributed by atoms with Gasteiger partial charge < -0.3 is 19.3 Å². The number of aliphatic hydroxyl groups excluding tert-OH is 1. The summed E-state index contributed by atoms with van der Waals surface area (Å²) in [5, 5.41) is 9.80. The van der Waals surface area contributed by atoms with Crippen LogP contribution in [0.3, 0.4) is 0 Å². The van der Waals surface area contributed by atoms with Crippen LogP contribution >= 0.6 is 0 Å². The second-order valence-corrected chi connectivity index (χ2v) is 4.14. The number of ether oxygens (including phenoxy) is 3. The van der Waals surface area contributed by atoms with Crippen LogP contribution in [0.2, 0.25) is 0 Å². The zero-order chi connectivity index (χ0) is 14.3. The zero-order valence-corrected chi connectivity index (χ0v) is 11.8. The molecule has 19 heavy (non-hydrogen) atoms. The molecule has 0 unspecified atom stereocenters. The molecule has 1 aromatic carbocycles. The Labute approximate surface area is 114 Å². The largest absolute Gasteiger partial charge is 0.493 e. The molecule has 0 amide bonds. The van der Waals surface area contributed by atoms with Gasteiger partial charge in [-0.25, -0.2) is 0 Å². The van der Waals surface area contributed by atoms with E-state index in [-0.39, 0.29) is 0 Å². The first-order valence-corrected chi connectivity index (χ1v) is 6.37. The molecule has 0 saturated heterocycles. The Morgan fingerprint density at radius 2 is 1.84 bits per heavy atom. The lowest BCUT2D eigenvalue weighted by Gasteiger charge is -2.17. The summed E-state index contributed by atoms with van der Waals surface area (Å²) in [6.45, 7) is 6.27. The second kappa shape index (κ2) is 7.69. The molecule has 0 aliphatic heterocycles. The summed E-state index contributed by atoms with van der Waals surface area (Å²) in [6.07, 6.45) is 2.71. The van der Waals surface area contributed by atoms with E-state index in [1.807, 2.05) is 0 Å². The maximum absolute atomic E-state index is 9.80. The van der Waals surface area contributed by atoms with Crippen LogP contribution in [0.4, 0.5) is 0 Å². The highest BCUT2D eigenvalue weighted by Gasteiger charge is 2.16. The van der Waals surface area contributed by atoms with Crippen LogP contribution < -0.4 is 14.2 Å². The summed E-state index contributed by atoms with van der Waals surface area (Å²) < 4.78 is 16.3. The molecule has 0 saturated carbocycles. The fourth-order valence-electron chi connectivity index (χ4n) is 1.67. The Morgan fingerprint density at radius 3 is 2.26 bits per heavy atom. The molecule has 0 aliphatic rings. The highest BCUT2D eigenvalue weighted by atomic mass is 16.5. The Bertz CT molecular complexity index is 390. The third kappa shape index (κ3) is 3.89. The minimum Gasteiger partial charge on any atom is -0.493 e. The molecule has 4 nitrogen and oxygen atoms in total. The number of aliphatic hydroxyl groups is 1. The van der Waals surface area contributed by atoms with E-state index in [1.54, 1.807) is 26.4 Å². The van der Waals surface area contributed by atoms with E-state index < -0.39 is 6.10 Å². The Morgan fingerprint density at radius 1 is 1.26 bits per heavy atom. The topological polar surface area (TPSA) is 47.9 Å². The number of hydrogen-bond acceptors (Lipinski definition) is 4. The minimum absolute atomic E-state index is 0.548. The van der Waals surface area contributed by atoms with E-state index in [1.165, 1.54) is 6.08 Å². The summed E-state index contributed by atoms with van der Waals surface area (Å²) >= 11 is 0. The van der Waals surface area contributed by atoms with Crippen molar-refractivity contribution in [1.29, 1.82) is 0 Å². The summed E-state index contributed by atoms with van der Waals surface area (Å²) in [5.74, 6) is 1.66. The highest BCUT2D eigenvalue weighted by Crippen LogP contribution is 2.40. The number of rotatable bonds is 8. The summed E-state index contributed by atoms with van der Waals surface area (Å²) in [6, 6.07) is 3.46. The van der Waals surface area contributed by atoms with Gasteiger partial charge in [-0.3, -0.25) is 0 Å². The van der Waals surface area contributed by atoms with E-state index in [0.29, 0.717) is 29.4 Å². The molecule has 4 heteroatoms. The molecule has 1 aromatic rings. The minimum atomic E-state index is -0.757. The van der Waals surface area contributed by atoms with E-state index >= 15 is 0 Å². The number of unbranched alkanes of at least 4 members (excludes halogenated alkanes) is 1. The molecule has 0 fully saturated rings. The second-order valence-electron chi connectivity index (χ2n) is 4.14. The van der Waals surface area contributed by atoms with Gasteiger partial charge in [0.05, 0.1) is 26.9 Å². The van der Waals surface area contributed by atoms with Crippen LogP contribution in [0.25, 0.3) is 0 Å². The molecule has 1 atom stereocenters. The average Bonchev–Trinajstić information content (AvgIpc) is 2.46. The Kier molecular flexibility index (Phi) is 6.22. The number of methoxy groups -OCH3 is 2. The quantitative estimate of drug-likeness (QED) is 0.580. The van der Waals surface area contributed by atoms with Crippen molar-refractivity contribution in [2.24, 2.45) is 0 Å². The average molecular weight is 266 g/mol.